The van der Waals surface area contributed by atoms with E-state index < -0.39 is 19.0 Å². The molecule has 1 rings (SSSR count). The highest BCUT2D eigenvalue weighted by Crippen LogP contribution is 2.09. The molecule has 0 bridgehead atoms. The lowest BCUT2D eigenvalue weighted by Gasteiger charge is -2.14. The molecule has 1 heterocycles. The maximum atomic E-state index is 11.8. The van der Waals surface area contributed by atoms with Gasteiger partial charge in [-0.2, -0.15) is 0 Å². The fourth-order valence-corrected chi connectivity index (χ4v) is 0.835. The summed E-state index contributed by atoms with van der Waals surface area (Å²) in [6, 6.07) is 3.90. The predicted molar refractivity (Wildman–Crippen MR) is 39.8 cm³/mol. The summed E-state index contributed by atoms with van der Waals surface area (Å²) in [6.45, 7) is -4.94. The molecule has 0 saturated carbocycles. The molecule has 0 aliphatic heterocycles. The topological polar surface area (TPSA) is 22.0 Å². The highest BCUT2D eigenvalue weighted by molar-refractivity contribution is 6.57. The second kappa shape index (κ2) is 3.04. The average molecular weight is 176 g/mol. The van der Waals surface area contributed by atoms with Crippen LogP contribution in [0.25, 0.3) is 0 Å². The van der Waals surface area contributed by atoms with Crippen LogP contribution in [0.3, 0.4) is 0 Å². The van der Waals surface area contributed by atoms with Crippen molar-refractivity contribution < 1.29 is 12.9 Å². The molecule has 12 heavy (non-hydrogen) atoms. The molecule has 0 unspecified atom stereocenters. The van der Waals surface area contributed by atoms with Gasteiger partial charge in [0.1, 0.15) is 0 Å². The number of hydrogen-bond acceptors (Lipinski definition) is 1. The van der Waals surface area contributed by atoms with Crippen molar-refractivity contribution >= 4 is 6.98 Å². The number of rotatable bonds is 2. The minimum Gasteiger partial charge on any atom is -0.448 e. The Bertz CT molecular complexity index is 319. The van der Waals surface area contributed by atoms with E-state index in [0.717, 1.165) is 12.3 Å². The van der Waals surface area contributed by atoms with Crippen LogP contribution in [-0.2, 0) is 6.44 Å². The van der Waals surface area contributed by atoms with E-state index in [4.69, 9.17) is 0 Å². The van der Waals surface area contributed by atoms with Gasteiger partial charge in [-0.1, -0.05) is 6.07 Å². The Kier molecular flexibility index (Phi) is 2.26. The first kappa shape index (κ1) is 8.90. The van der Waals surface area contributed by atoms with E-state index in [9.17, 15) is 17.7 Å². The Labute approximate surface area is 66.7 Å². The molecule has 0 spiro atoms. The first-order chi connectivity index (χ1) is 5.49. The minimum atomic E-state index is -4.94. The van der Waals surface area contributed by atoms with Crippen molar-refractivity contribution in [1.29, 1.82) is 0 Å². The zero-order valence-electron chi connectivity index (χ0n) is 6.08. The van der Waals surface area contributed by atoms with E-state index in [1.54, 1.807) is 0 Å². The van der Waals surface area contributed by atoms with Crippen LogP contribution in [-0.4, -0.2) is 11.5 Å². The SMILES string of the molecule is O=c1ccccn1C[B-](F)(F)F. The molecule has 0 aliphatic rings. The Hall–Kier alpha value is -1.20. The first-order valence-corrected chi connectivity index (χ1v) is 3.35. The average Bonchev–Trinajstić information content (AvgIpc) is 1.91. The molecule has 0 aromatic carbocycles. The summed E-state index contributed by atoms with van der Waals surface area (Å²) in [7, 11) is 0. The second-order valence-electron chi connectivity index (χ2n) is 2.40. The molecule has 0 saturated heterocycles. The van der Waals surface area contributed by atoms with Crippen LogP contribution < -0.4 is 5.56 Å². The van der Waals surface area contributed by atoms with Crippen LogP contribution >= 0.6 is 0 Å². The predicted octanol–water partition coefficient (Wildman–Crippen LogP) is 1.23. The second-order valence-corrected chi connectivity index (χ2v) is 2.40. The molecule has 0 atom stereocenters. The molecular formula is C6H6BF3NO-. The van der Waals surface area contributed by atoms with Crippen molar-refractivity contribution in [3.8, 4) is 0 Å². The van der Waals surface area contributed by atoms with Gasteiger partial charge in [0.15, 0.2) is 0 Å². The fourth-order valence-electron chi connectivity index (χ4n) is 0.835. The molecule has 0 N–H and O–H groups in total. The van der Waals surface area contributed by atoms with Crippen LogP contribution in [0.5, 0.6) is 0 Å². The molecule has 6 heteroatoms. The molecule has 2 nitrogen and oxygen atoms in total. The van der Waals surface area contributed by atoms with Crippen LogP contribution in [0.15, 0.2) is 29.2 Å². The Morgan fingerprint density at radius 1 is 1.33 bits per heavy atom. The van der Waals surface area contributed by atoms with Gasteiger partial charge in [-0.15, -0.1) is 0 Å². The molecule has 0 amide bonds. The lowest BCUT2D eigenvalue weighted by atomic mass is 9.92. The number of halogens is 3. The summed E-state index contributed by atoms with van der Waals surface area (Å²) in [5.74, 6) is 0. The van der Waals surface area contributed by atoms with Gasteiger partial charge in [0.25, 0.3) is 0 Å². The van der Waals surface area contributed by atoms with E-state index in [1.807, 2.05) is 0 Å². The van der Waals surface area contributed by atoms with E-state index in [2.05, 4.69) is 0 Å². The molecule has 1 aromatic heterocycles. The zero-order chi connectivity index (χ0) is 9.19. The van der Waals surface area contributed by atoms with Gasteiger partial charge in [-0.3, -0.25) is 4.79 Å². The maximum Gasteiger partial charge on any atom is 0.497 e. The highest BCUT2D eigenvalue weighted by atomic mass is 19.4. The van der Waals surface area contributed by atoms with Crippen molar-refractivity contribution in [3.63, 3.8) is 0 Å². The number of aromatic nitrogens is 1. The lowest BCUT2D eigenvalue weighted by Crippen LogP contribution is -2.30. The van der Waals surface area contributed by atoms with Crippen LogP contribution in [0, 0.1) is 0 Å². The molecule has 1 aromatic rings. The summed E-state index contributed by atoms with van der Waals surface area (Å²) in [6.07, 6.45) is -0.0444. The molecule has 66 valence electrons. The summed E-state index contributed by atoms with van der Waals surface area (Å²) >= 11 is 0. The standard InChI is InChI=1S/C6H6BF3NO/c8-7(9,10)5-11-4-2-1-3-6(11)12/h1-4H,5H2/q-1. The summed E-state index contributed by atoms with van der Waals surface area (Å²) in [4.78, 5) is 10.8. The van der Waals surface area contributed by atoms with E-state index in [0.29, 0.717) is 4.57 Å². The number of pyridine rings is 1. The van der Waals surface area contributed by atoms with Gasteiger partial charge in [-0.25, -0.2) is 0 Å². The molecular weight excluding hydrogens is 170 g/mol. The van der Waals surface area contributed by atoms with Gasteiger partial charge >= 0.3 is 6.98 Å². The highest BCUT2D eigenvalue weighted by Gasteiger charge is 2.23. The van der Waals surface area contributed by atoms with Gasteiger partial charge < -0.3 is 17.5 Å². The van der Waals surface area contributed by atoms with E-state index in [-0.39, 0.29) is 0 Å². The summed E-state index contributed by atoms with van der Waals surface area (Å²) in [5, 5.41) is 0. The Morgan fingerprint density at radius 2 is 2.00 bits per heavy atom. The first-order valence-electron chi connectivity index (χ1n) is 3.35. The maximum absolute atomic E-state index is 11.8. The van der Waals surface area contributed by atoms with Gasteiger partial charge in [0.2, 0.25) is 5.56 Å². The summed E-state index contributed by atoms with van der Waals surface area (Å²) < 4.78 is 36.1. The van der Waals surface area contributed by atoms with E-state index >= 15 is 0 Å². The molecule has 0 aliphatic carbocycles. The van der Waals surface area contributed by atoms with Crippen molar-refractivity contribution in [1.82, 2.24) is 4.57 Å². The third-order valence-corrected chi connectivity index (χ3v) is 1.30. The van der Waals surface area contributed by atoms with Gasteiger partial charge in [0.05, 0.1) is 0 Å². The normalized spacial score (nSPS) is 11.6. The van der Waals surface area contributed by atoms with Crippen molar-refractivity contribution in [2.24, 2.45) is 0 Å². The van der Waals surface area contributed by atoms with Crippen LogP contribution in [0.1, 0.15) is 0 Å². The van der Waals surface area contributed by atoms with Crippen molar-refractivity contribution in [2.45, 2.75) is 6.44 Å². The van der Waals surface area contributed by atoms with Gasteiger partial charge in [0, 0.05) is 12.3 Å². The largest absolute Gasteiger partial charge is 0.497 e. The summed E-state index contributed by atoms with van der Waals surface area (Å²) in [5.41, 5.74) is -0.628. The number of nitrogens with zero attached hydrogens (tertiary/aromatic N) is 1. The van der Waals surface area contributed by atoms with Crippen LogP contribution in [0.2, 0.25) is 0 Å². The quantitative estimate of drug-likeness (QED) is 0.621. The van der Waals surface area contributed by atoms with E-state index in [1.165, 1.54) is 12.1 Å². The molecule has 0 radical (unpaired) electrons. The smallest absolute Gasteiger partial charge is 0.448 e. The van der Waals surface area contributed by atoms with Crippen molar-refractivity contribution in [3.05, 3.63) is 34.7 Å². The third kappa shape index (κ3) is 2.45. The van der Waals surface area contributed by atoms with Crippen molar-refractivity contribution in [2.75, 3.05) is 0 Å². The zero-order valence-corrected chi connectivity index (χ0v) is 6.08. The Balaban J connectivity index is 2.91. The number of hydrogen-bond donors (Lipinski definition) is 0. The van der Waals surface area contributed by atoms with Crippen LogP contribution in [0.4, 0.5) is 12.9 Å². The molecule has 0 fully saturated rings. The van der Waals surface area contributed by atoms with Gasteiger partial charge in [-0.05, 0) is 12.5 Å². The monoisotopic (exact) mass is 176 g/mol. The Morgan fingerprint density at radius 3 is 2.50 bits per heavy atom. The third-order valence-electron chi connectivity index (χ3n) is 1.30. The minimum absolute atomic E-state index is 0.628. The lowest BCUT2D eigenvalue weighted by molar-refractivity contribution is 0.443. The fraction of sp³-hybridized carbons (Fsp3) is 0.167.